The quantitative estimate of drug-likeness (QED) is 0.806. The molecule has 2 heterocycles. The number of aryl methyl sites for hydroxylation is 2. The minimum Gasteiger partial charge on any atom is -0.395 e. The van der Waals surface area contributed by atoms with E-state index in [2.05, 4.69) is 10.00 Å². The average molecular weight is 291 g/mol. The van der Waals surface area contributed by atoms with Crippen molar-refractivity contribution in [3.05, 3.63) is 11.3 Å². The minimum atomic E-state index is -0.229. The van der Waals surface area contributed by atoms with Gasteiger partial charge in [-0.2, -0.15) is 5.10 Å². The maximum absolute atomic E-state index is 9.11. The van der Waals surface area contributed by atoms with Crippen molar-refractivity contribution in [1.29, 1.82) is 0 Å². The normalized spacial score (nSPS) is 17.2. The number of aromatic nitrogens is 2. The van der Waals surface area contributed by atoms with Crippen LogP contribution in [0.3, 0.4) is 0 Å². The van der Waals surface area contributed by atoms with E-state index >= 15 is 0 Å². The van der Waals surface area contributed by atoms with Crippen molar-refractivity contribution in [2.45, 2.75) is 19.4 Å². The van der Waals surface area contributed by atoms with Gasteiger partial charge >= 0.3 is 0 Å². The molecule has 1 aromatic rings. The summed E-state index contributed by atoms with van der Waals surface area (Å²) in [5, 5.41) is 13.6. The zero-order chi connectivity index (χ0) is 13.1. The summed E-state index contributed by atoms with van der Waals surface area (Å²) in [6.07, 6.45) is 0.656. The largest absolute Gasteiger partial charge is 0.395 e. The number of halogens is 1. The fourth-order valence-electron chi connectivity index (χ4n) is 2.43. The zero-order valence-electron chi connectivity index (χ0n) is 11.5. The number of hydrogen-bond acceptors (Lipinski definition) is 5. The molecule has 0 radical (unpaired) electrons. The van der Waals surface area contributed by atoms with Crippen LogP contribution in [0.1, 0.15) is 11.3 Å². The zero-order valence-corrected chi connectivity index (χ0v) is 12.3. The van der Waals surface area contributed by atoms with Crippen LogP contribution < -0.4 is 10.6 Å². The van der Waals surface area contributed by atoms with E-state index in [0.29, 0.717) is 6.42 Å². The highest BCUT2D eigenvalue weighted by atomic mass is 35.5. The Kier molecular flexibility index (Phi) is 6.06. The van der Waals surface area contributed by atoms with Crippen molar-refractivity contribution in [3.63, 3.8) is 0 Å². The Morgan fingerprint density at radius 1 is 1.42 bits per heavy atom. The molecule has 1 aromatic heterocycles. The number of ether oxygens (including phenoxy) is 1. The predicted molar refractivity (Wildman–Crippen MR) is 77.0 cm³/mol. The van der Waals surface area contributed by atoms with E-state index in [-0.39, 0.29) is 25.1 Å². The first-order valence-corrected chi connectivity index (χ1v) is 6.35. The number of aliphatic hydroxyl groups is 1. The molecule has 19 heavy (non-hydrogen) atoms. The molecule has 1 atom stereocenters. The summed E-state index contributed by atoms with van der Waals surface area (Å²) < 4.78 is 7.28. The van der Waals surface area contributed by atoms with Crippen LogP contribution in [0.5, 0.6) is 0 Å². The van der Waals surface area contributed by atoms with E-state index < -0.39 is 0 Å². The summed E-state index contributed by atoms with van der Waals surface area (Å²) in [5.74, 6) is 1.11. The van der Waals surface area contributed by atoms with E-state index in [4.69, 9.17) is 15.6 Å². The van der Waals surface area contributed by atoms with Gasteiger partial charge < -0.3 is 20.5 Å². The predicted octanol–water partition coefficient (Wildman–Crippen LogP) is -0.151. The fraction of sp³-hybridized carbons (Fsp3) is 0.750. The lowest BCUT2D eigenvalue weighted by Gasteiger charge is -2.30. The lowest BCUT2D eigenvalue weighted by atomic mass is 10.1. The Hall–Kier alpha value is -0.820. The molecular formula is C12H23ClN4O2. The van der Waals surface area contributed by atoms with Gasteiger partial charge in [-0.15, -0.1) is 12.4 Å². The summed E-state index contributed by atoms with van der Waals surface area (Å²) in [6, 6.07) is -0.229. The van der Waals surface area contributed by atoms with Gasteiger partial charge in [0.2, 0.25) is 0 Å². The van der Waals surface area contributed by atoms with Crippen molar-refractivity contribution in [2.24, 2.45) is 12.8 Å². The highest BCUT2D eigenvalue weighted by Gasteiger charge is 2.22. The van der Waals surface area contributed by atoms with E-state index in [9.17, 15) is 0 Å². The highest BCUT2D eigenvalue weighted by molar-refractivity contribution is 5.85. The van der Waals surface area contributed by atoms with Crippen LogP contribution in [0.4, 0.5) is 5.82 Å². The standard InChI is InChI=1S/C12H22N4O2.ClH/c1-9-11(7-10(13)8-17)12(15(2)14-9)16-3-5-18-6-4-16;/h10,17H,3-8,13H2,1-2H3;1H. The summed E-state index contributed by atoms with van der Waals surface area (Å²) in [6.45, 7) is 5.23. The molecule has 1 aliphatic rings. The van der Waals surface area contributed by atoms with Gasteiger partial charge in [0.15, 0.2) is 0 Å². The van der Waals surface area contributed by atoms with Gasteiger partial charge in [-0.3, -0.25) is 4.68 Å². The van der Waals surface area contributed by atoms with Gasteiger partial charge in [0.1, 0.15) is 5.82 Å². The van der Waals surface area contributed by atoms with Crippen molar-refractivity contribution in [2.75, 3.05) is 37.8 Å². The van der Waals surface area contributed by atoms with E-state index in [0.717, 1.165) is 43.4 Å². The summed E-state index contributed by atoms with van der Waals surface area (Å²) in [4.78, 5) is 2.28. The number of anilines is 1. The molecule has 0 aromatic carbocycles. The van der Waals surface area contributed by atoms with E-state index in [1.165, 1.54) is 0 Å². The van der Waals surface area contributed by atoms with Crippen LogP contribution in [0.2, 0.25) is 0 Å². The molecule has 0 amide bonds. The Morgan fingerprint density at radius 3 is 2.63 bits per heavy atom. The Balaban J connectivity index is 0.00000180. The van der Waals surface area contributed by atoms with Crippen LogP contribution in [-0.2, 0) is 18.2 Å². The van der Waals surface area contributed by atoms with Crippen molar-refractivity contribution in [3.8, 4) is 0 Å². The average Bonchev–Trinajstić information content (AvgIpc) is 2.65. The maximum Gasteiger partial charge on any atom is 0.130 e. The second-order valence-corrected chi connectivity index (χ2v) is 4.76. The van der Waals surface area contributed by atoms with Crippen molar-refractivity contribution < 1.29 is 9.84 Å². The number of nitrogens with zero attached hydrogens (tertiary/aromatic N) is 3. The Labute approximate surface area is 119 Å². The monoisotopic (exact) mass is 290 g/mol. The third-order valence-electron chi connectivity index (χ3n) is 3.32. The van der Waals surface area contributed by atoms with Crippen LogP contribution in [0, 0.1) is 6.92 Å². The van der Waals surface area contributed by atoms with Gasteiger partial charge in [0.05, 0.1) is 25.5 Å². The molecule has 2 rings (SSSR count). The van der Waals surface area contributed by atoms with Gasteiger partial charge in [-0.25, -0.2) is 0 Å². The molecule has 1 unspecified atom stereocenters. The fourth-order valence-corrected chi connectivity index (χ4v) is 2.43. The maximum atomic E-state index is 9.11. The number of morpholine rings is 1. The van der Waals surface area contributed by atoms with E-state index in [1.54, 1.807) is 0 Å². The van der Waals surface area contributed by atoms with Crippen LogP contribution in [0.15, 0.2) is 0 Å². The molecule has 0 bridgehead atoms. The first-order valence-electron chi connectivity index (χ1n) is 6.35. The third kappa shape index (κ3) is 3.60. The Bertz CT molecular complexity index is 405. The van der Waals surface area contributed by atoms with Gasteiger partial charge in [-0.05, 0) is 13.3 Å². The molecule has 0 saturated carbocycles. The smallest absolute Gasteiger partial charge is 0.130 e. The molecule has 1 aliphatic heterocycles. The molecule has 1 fully saturated rings. The molecule has 0 spiro atoms. The van der Waals surface area contributed by atoms with Crippen LogP contribution in [0.25, 0.3) is 0 Å². The van der Waals surface area contributed by atoms with E-state index in [1.807, 2.05) is 18.7 Å². The number of hydrogen-bond donors (Lipinski definition) is 2. The van der Waals surface area contributed by atoms with Gasteiger partial charge in [0.25, 0.3) is 0 Å². The molecule has 1 saturated heterocycles. The number of rotatable bonds is 4. The number of nitrogens with two attached hydrogens (primary N) is 1. The molecule has 6 nitrogen and oxygen atoms in total. The molecular weight excluding hydrogens is 268 g/mol. The SMILES string of the molecule is Cc1nn(C)c(N2CCOCC2)c1CC(N)CO.Cl. The summed E-state index contributed by atoms with van der Waals surface area (Å²) >= 11 is 0. The number of aliphatic hydroxyl groups excluding tert-OH is 1. The lowest BCUT2D eigenvalue weighted by Crippen LogP contribution is -2.38. The molecule has 110 valence electrons. The lowest BCUT2D eigenvalue weighted by molar-refractivity contribution is 0.122. The van der Waals surface area contributed by atoms with Gasteiger partial charge in [0, 0.05) is 31.7 Å². The molecule has 3 N–H and O–H groups in total. The first-order chi connectivity index (χ1) is 8.63. The highest BCUT2D eigenvalue weighted by Crippen LogP contribution is 2.25. The third-order valence-corrected chi connectivity index (χ3v) is 3.32. The van der Waals surface area contributed by atoms with Crippen LogP contribution in [-0.4, -0.2) is 53.8 Å². The summed E-state index contributed by atoms with van der Waals surface area (Å²) in [5.41, 5.74) is 7.98. The minimum absolute atomic E-state index is 0. The topological polar surface area (TPSA) is 76.5 Å². The van der Waals surface area contributed by atoms with Crippen LogP contribution >= 0.6 is 12.4 Å². The van der Waals surface area contributed by atoms with Crippen molar-refractivity contribution >= 4 is 18.2 Å². The Morgan fingerprint density at radius 2 is 2.05 bits per heavy atom. The first kappa shape index (κ1) is 16.2. The summed E-state index contributed by atoms with van der Waals surface area (Å²) in [7, 11) is 1.95. The van der Waals surface area contributed by atoms with Crippen molar-refractivity contribution in [1.82, 2.24) is 9.78 Å². The second kappa shape index (κ2) is 7.09. The second-order valence-electron chi connectivity index (χ2n) is 4.76. The molecule has 7 heteroatoms. The molecule has 0 aliphatic carbocycles. The van der Waals surface area contributed by atoms with Gasteiger partial charge in [-0.1, -0.05) is 0 Å².